The zero-order valence-corrected chi connectivity index (χ0v) is 11.3. The molecule has 0 radical (unpaired) electrons. The Kier molecular flexibility index (Phi) is 3.58. The van der Waals surface area contributed by atoms with Gasteiger partial charge in [-0.3, -0.25) is 0 Å². The van der Waals surface area contributed by atoms with Crippen molar-refractivity contribution in [3.8, 4) is 0 Å². The van der Waals surface area contributed by atoms with Crippen LogP contribution in [0.2, 0.25) is 0 Å². The summed E-state index contributed by atoms with van der Waals surface area (Å²) in [5.74, 6) is -0.320. The smallest absolute Gasteiger partial charge is 0.139 e. The Labute approximate surface area is 109 Å². The second-order valence-corrected chi connectivity index (χ2v) is 5.46. The van der Waals surface area contributed by atoms with Crippen molar-refractivity contribution in [1.29, 1.82) is 0 Å². The van der Waals surface area contributed by atoms with E-state index in [0.29, 0.717) is 22.4 Å². The van der Waals surface area contributed by atoms with Crippen molar-refractivity contribution in [2.24, 2.45) is 0 Å². The Morgan fingerprint density at radius 3 is 3.00 bits per heavy atom. The molecule has 17 heavy (non-hydrogen) atoms. The third-order valence-electron chi connectivity index (χ3n) is 3.05. The van der Waals surface area contributed by atoms with Crippen LogP contribution in [0, 0.1) is 5.82 Å². The lowest BCUT2D eigenvalue weighted by Crippen LogP contribution is -2.32. The van der Waals surface area contributed by atoms with Gasteiger partial charge in [-0.05, 0) is 41.8 Å². The Morgan fingerprint density at radius 1 is 1.59 bits per heavy atom. The lowest BCUT2D eigenvalue weighted by molar-refractivity contribution is 0.0315. The predicted molar refractivity (Wildman–Crippen MR) is 70.6 cm³/mol. The number of nitrogens with one attached hydrogen (secondary N) is 1. The summed E-state index contributed by atoms with van der Waals surface area (Å²) >= 11 is 3.10. The van der Waals surface area contributed by atoms with Gasteiger partial charge in [0.1, 0.15) is 5.82 Å². The molecule has 1 atom stereocenters. The molecule has 1 saturated heterocycles. The molecule has 1 aromatic carbocycles. The molecule has 5 heteroatoms. The lowest BCUT2D eigenvalue weighted by atomic mass is 10.0. The highest BCUT2D eigenvalue weighted by Gasteiger charge is 2.29. The molecular weight excluding hydrogens is 287 g/mol. The van der Waals surface area contributed by atoms with Crippen LogP contribution in [0.1, 0.15) is 19.8 Å². The maximum absolute atomic E-state index is 13.4. The molecule has 0 amide bonds. The molecule has 0 aliphatic carbocycles. The van der Waals surface area contributed by atoms with Crippen molar-refractivity contribution >= 4 is 27.3 Å². The summed E-state index contributed by atoms with van der Waals surface area (Å²) in [6.45, 7) is 3.49. The van der Waals surface area contributed by atoms with E-state index in [0.717, 1.165) is 19.4 Å². The zero-order chi connectivity index (χ0) is 12.5. The van der Waals surface area contributed by atoms with Gasteiger partial charge in [0.2, 0.25) is 0 Å². The van der Waals surface area contributed by atoms with Gasteiger partial charge in [-0.15, -0.1) is 0 Å². The van der Waals surface area contributed by atoms with E-state index in [1.54, 1.807) is 6.07 Å². The van der Waals surface area contributed by atoms with E-state index >= 15 is 0 Å². The van der Waals surface area contributed by atoms with Gasteiger partial charge in [0.05, 0.1) is 21.4 Å². The molecule has 3 N–H and O–H groups in total. The van der Waals surface area contributed by atoms with E-state index in [1.807, 2.05) is 0 Å². The summed E-state index contributed by atoms with van der Waals surface area (Å²) in [6.07, 6.45) is 2.08. The SMILES string of the molecule is CC1(CNc2cc(F)c(Br)cc2N)CCCO1. The van der Waals surface area contributed by atoms with Crippen molar-refractivity contribution in [2.45, 2.75) is 25.4 Å². The van der Waals surface area contributed by atoms with Crippen molar-refractivity contribution < 1.29 is 9.13 Å². The minimum absolute atomic E-state index is 0.171. The third-order valence-corrected chi connectivity index (χ3v) is 3.65. The average molecular weight is 303 g/mol. The van der Waals surface area contributed by atoms with Crippen LogP contribution in [0.5, 0.6) is 0 Å². The normalized spacial score (nSPS) is 23.9. The maximum Gasteiger partial charge on any atom is 0.139 e. The monoisotopic (exact) mass is 302 g/mol. The topological polar surface area (TPSA) is 47.3 Å². The van der Waals surface area contributed by atoms with Crippen molar-refractivity contribution in [2.75, 3.05) is 24.2 Å². The number of halogens is 2. The van der Waals surface area contributed by atoms with Crippen molar-refractivity contribution in [1.82, 2.24) is 0 Å². The Balaban J connectivity index is 2.06. The number of benzene rings is 1. The molecule has 1 aliphatic rings. The molecule has 3 nitrogen and oxygen atoms in total. The fraction of sp³-hybridized carbons (Fsp3) is 0.500. The molecule has 1 aliphatic heterocycles. The van der Waals surface area contributed by atoms with Crippen LogP contribution in [0.25, 0.3) is 0 Å². The number of ether oxygens (including phenoxy) is 1. The highest BCUT2D eigenvalue weighted by Crippen LogP contribution is 2.29. The number of rotatable bonds is 3. The Hall–Kier alpha value is -0.810. The molecule has 94 valence electrons. The summed E-state index contributed by atoms with van der Waals surface area (Å²) in [5, 5.41) is 3.15. The molecule has 0 aromatic heterocycles. The largest absolute Gasteiger partial charge is 0.397 e. The van der Waals surface area contributed by atoms with Crippen LogP contribution < -0.4 is 11.1 Å². The van der Waals surface area contributed by atoms with Crippen LogP contribution in [0.4, 0.5) is 15.8 Å². The molecule has 0 bridgehead atoms. The Bertz CT molecular complexity index is 419. The van der Waals surface area contributed by atoms with Crippen LogP contribution in [0.3, 0.4) is 0 Å². The molecule has 0 spiro atoms. The van der Waals surface area contributed by atoms with Gasteiger partial charge in [0, 0.05) is 19.2 Å². The second kappa shape index (κ2) is 4.82. The molecular formula is C12H16BrFN2O. The van der Waals surface area contributed by atoms with E-state index in [2.05, 4.69) is 28.2 Å². The van der Waals surface area contributed by atoms with E-state index in [9.17, 15) is 4.39 Å². The fourth-order valence-corrected chi connectivity index (χ4v) is 2.33. The van der Waals surface area contributed by atoms with Gasteiger partial charge >= 0.3 is 0 Å². The van der Waals surface area contributed by atoms with Crippen LogP contribution in [0.15, 0.2) is 16.6 Å². The zero-order valence-electron chi connectivity index (χ0n) is 9.72. The summed E-state index contributed by atoms with van der Waals surface area (Å²) < 4.78 is 19.4. The van der Waals surface area contributed by atoms with Crippen LogP contribution in [-0.2, 0) is 4.74 Å². The van der Waals surface area contributed by atoms with E-state index in [1.165, 1.54) is 6.07 Å². The van der Waals surface area contributed by atoms with Gasteiger partial charge in [0.15, 0.2) is 0 Å². The predicted octanol–water partition coefficient (Wildman–Crippen LogP) is 3.15. The summed E-state index contributed by atoms with van der Waals surface area (Å²) in [7, 11) is 0. The number of anilines is 2. The van der Waals surface area contributed by atoms with Crippen molar-refractivity contribution in [3.63, 3.8) is 0 Å². The van der Waals surface area contributed by atoms with E-state index in [-0.39, 0.29) is 11.4 Å². The molecule has 1 unspecified atom stereocenters. The van der Waals surface area contributed by atoms with Crippen molar-refractivity contribution in [3.05, 3.63) is 22.4 Å². The lowest BCUT2D eigenvalue weighted by Gasteiger charge is -2.24. The van der Waals surface area contributed by atoms with Gasteiger partial charge in [-0.2, -0.15) is 0 Å². The Morgan fingerprint density at radius 2 is 2.35 bits per heavy atom. The fourth-order valence-electron chi connectivity index (χ4n) is 1.97. The molecule has 0 saturated carbocycles. The maximum atomic E-state index is 13.4. The van der Waals surface area contributed by atoms with Gasteiger partial charge in [-0.25, -0.2) is 4.39 Å². The molecule has 1 aromatic rings. The third kappa shape index (κ3) is 2.90. The van der Waals surface area contributed by atoms with Gasteiger partial charge in [-0.1, -0.05) is 0 Å². The number of nitrogens with two attached hydrogens (primary N) is 1. The average Bonchev–Trinajstić information content (AvgIpc) is 2.69. The first-order valence-electron chi connectivity index (χ1n) is 5.62. The van der Waals surface area contributed by atoms with E-state index in [4.69, 9.17) is 10.5 Å². The van der Waals surface area contributed by atoms with E-state index < -0.39 is 0 Å². The van der Waals surface area contributed by atoms with Crippen LogP contribution >= 0.6 is 15.9 Å². The number of hydrogen-bond acceptors (Lipinski definition) is 3. The first-order valence-corrected chi connectivity index (χ1v) is 6.42. The summed E-state index contributed by atoms with van der Waals surface area (Å²) in [5.41, 5.74) is 6.79. The van der Waals surface area contributed by atoms with Gasteiger partial charge < -0.3 is 15.8 Å². The molecule has 1 heterocycles. The summed E-state index contributed by atoms with van der Waals surface area (Å²) in [4.78, 5) is 0. The standard InChI is InChI=1S/C12H16BrFN2O/c1-12(3-2-4-17-12)7-16-11-6-9(14)8(13)5-10(11)15/h5-6,16H,2-4,7,15H2,1H3. The minimum atomic E-state index is -0.320. The number of hydrogen-bond donors (Lipinski definition) is 2. The van der Waals surface area contributed by atoms with Gasteiger partial charge in [0.25, 0.3) is 0 Å². The first kappa shape index (κ1) is 12.6. The summed E-state index contributed by atoms with van der Waals surface area (Å²) in [6, 6.07) is 2.97. The highest BCUT2D eigenvalue weighted by atomic mass is 79.9. The molecule has 1 fully saturated rings. The number of nitrogen functional groups attached to an aromatic ring is 1. The quantitative estimate of drug-likeness (QED) is 0.843. The minimum Gasteiger partial charge on any atom is -0.397 e. The highest BCUT2D eigenvalue weighted by molar-refractivity contribution is 9.10. The second-order valence-electron chi connectivity index (χ2n) is 4.61. The van der Waals surface area contributed by atoms with Crippen LogP contribution in [-0.4, -0.2) is 18.8 Å². The molecule has 2 rings (SSSR count). The first-order chi connectivity index (χ1) is 8.00.